The second kappa shape index (κ2) is 8.00. The van der Waals surface area contributed by atoms with Gasteiger partial charge in [0.2, 0.25) is 0 Å². The van der Waals surface area contributed by atoms with Gasteiger partial charge in [-0.1, -0.05) is 6.92 Å². The highest BCUT2D eigenvalue weighted by Crippen LogP contribution is 2.22. The highest BCUT2D eigenvalue weighted by molar-refractivity contribution is 5.95. The van der Waals surface area contributed by atoms with Gasteiger partial charge in [0.05, 0.1) is 5.92 Å². The normalized spacial score (nSPS) is 20.2. The van der Waals surface area contributed by atoms with Crippen LogP contribution in [-0.2, 0) is 4.79 Å². The number of hydrogen-bond donors (Lipinski definition) is 3. The molecule has 1 fully saturated rings. The number of carbonyl (C=O) groups excluding carboxylic acids is 2. The fourth-order valence-electron chi connectivity index (χ4n) is 2.95. The Bertz CT molecular complexity index is 642. The number of piperidine rings is 1. The molecule has 0 radical (unpaired) electrons. The molecule has 1 aromatic carbocycles. The molecule has 1 aromatic rings. The molecule has 136 valence electrons. The Labute approximate surface area is 147 Å². The summed E-state index contributed by atoms with van der Waals surface area (Å²) in [6, 6.07) is 6.34. The molecule has 0 aliphatic carbocycles. The highest BCUT2D eigenvalue weighted by atomic mass is 16.4. The number of benzene rings is 1. The summed E-state index contributed by atoms with van der Waals surface area (Å²) in [5.41, 5.74) is 1.08. The van der Waals surface area contributed by atoms with E-state index in [1.165, 1.54) is 4.90 Å². The minimum Gasteiger partial charge on any atom is -0.481 e. The van der Waals surface area contributed by atoms with Gasteiger partial charge in [-0.15, -0.1) is 0 Å². The van der Waals surface area contributed by atoms with Gasteiger partial charge in [0.25, 0.3) is 5.91 Å². The van der Waals surface area contributed by atoms with Crippen LogP contribution in [0, 0.1) is 11.8 Å². The standard InChI is InChI=1S/C18H25N3O4/c1-11(2)19-16(22)13-4-6-15(7-5-13)20-18(25)21-9-12(3)8-14(10-21)17(23)24/h4-7,11-12,14H,8-10H2,1-3H3,(H,19,22)(H,20,25)(H,23,24). The van der Waals surface area contributed by atoms with E-state index in [4.69, 9.17) is 0 Å². The second-order valence-electron chi connectivity index (χ2n) is 6.92. The number of hydrogen-bond acceptors (Lipinski definition) is 3. The van der Waals surface area contributed by atoms with Crippen LogP contribution in [0.4, 0.5) is 10.5 Å². The molecule has 3 amide bonds. The first kappa shape index (κ1) is 18.8. The molecule has 0 saturated carbocycles. The third-order valence-electron chi connectivity index (χ3n) is 4.11. The largest absolute Gasteiger partial charge is 0.481 e. The maximum atomic E-state index is 12.4. The summed E-state index contributed by atoms with van der Waals surface area (Å²) in [7, 11) is 0. The Morgan fingerprint density at radius 3 is 2.36 bits per heavy atom. The predicted octanol–water partition coefficient (Wildman–Crippen LogP) is 2.40. The third-order valence-corrected chi connectivity index (χ3v) is 4.11. The number of likely N-dealkylation sites (tertiary alicyclic amines) is 1. The quantitative estimate of drug-likeness (QED) is 0.779. The van der Waals surface area contributed by atoms with Gasteiger partial charge in [-0.3, -0.25) is 9.59 Å². The molecule has 0 aromatic heterocycles. The van der Waals surface area contributed by atoms with Gasteiger partial charge in [-0.2, -0.15) is 0 Å². The number of urea groups is 1. The minimum absolute atomic E-state index is 0.0511. The minimum atomic E-state index is -0.870. The Balaban J connectivity index is 1.98. The van der Waals surface area contributed by atoms with E-state index in [2.05, 4.69) is 10.6 Å². The number of nitrogens with one attached hydrogen (secondary N) is 2. The van der Waals surface area contributed by atoms with Gasteiger partial charge < -0.3 is 20.6 Å². The van der Waals surface area contributed by atoms with Crippen LogP contribution in [0.1, 0.15) is 37.6 Å². The molecule has 7 heteroatoms. The zero-order valence-corrected chi connectivity index (χ0v) is 14.8. The Hall–Kier alpha value is -2.57. The first-order valence-electron chi connectivity index (χ1n) is 8.46. The van der Waals surface area contributed by atoms with Crippen molar-refractivity contribution < 1.29 is 19.5 Å². The summed E-state index contributed by atoms with van der Waals surface area (Å²) in [5, 5.41) is 14.8. The fourth-order valence-corrected chi connectivity index (χ4v) is 2.95. The Morgan fingerprint density at radius 2 is 1.80 bits per heavy atom. The van der Waals surface area contributed by atoms with Crippen molar-refractivity contribution in [3.63, 3.8) is 0 Å². The number of carboxylic acid groups (broad SMARTS) is 1. The zero-order chi connectivity index (χ0) is 18.6. The summed E-state index contributed by atoms with van der Waals surface area (Å²) < 4.78 is 0. The van der Waals surface area contributed by atoms with E-state index < -0.39 is 11.9 Å². The maximum Gasteiger partial charge on any atom is 0.321 e. The van der Waals surface area contributed by atoms with Crippen molar-refractivity contribution in [3.05, 3.63) is 29.8 Å². The molecule has 2 atom stereocenters. The van der Waals surface area contributed by atoms with Gasteiger partial charge in [-0.25, -0.2) is 4.79 Å². The van der Waals surface area contributed by atoms with Gasteiger partial charge in [0.15, 0.2) is 0 Å². The van der Waals surface area contributed by atoms with E-state index in [1.54, 1.807) is 24.3 Å². The average molecular weight is 347 g/mol. The van der Waals surface area contributed by atoms with Crippen LogP contribution in [0.5, 0.6) is 0 Å². The van der Waals surface area contributed by atoms with E-state index >= 15 is 0 Å². The average Bonchev–Trinajstić information content (AvgIpc) is 2.54. The number of aliphatic carboxylic acids is 1. The number of anilines is 1. The lowest BCUT2D eigenvalue weighted by atomic mass is 9.91. The third kappa shape index (κ3) is 5.20. The monoisotopic (exact) mass is 347 g/mol. The molecule has 3 N–H and O–H groups in total. The van der Waals surface area contributed by atoms with E-state index in [1.807, 2.05) is 20.8 Å². The number of rotatable bonds is 4. The van der Waals surface area contributed by atoms with Crippen LogP contribution in [-0.4, -0.2) is 47.0 Å². The van der Waals surface area contributed by atoms with Crippen LogP contribution >= 0.6 is 0 Å². The molecule has 1 heterocycles. The highest BCUT2D eigenvalue weighted by Gasteiger charge is 2.31. The maximum absolute atomic E-state index is 12.4. The van der Waals surface area contributed by atoms with Crippen LogP contribution in [0.25, 0.3) is 0 Å². The van der Waals surface area contributed by atoms with Crippen molar-refractivity contribution in [2.45, 2.75) is 33.2 Å². The van der Waals surface area contributed by atoms with Gasteiger partial charge in [-0.05, 0) is 50.5 Å². The predicted molar refractivity (Wildman–Crippen MR) is 94.5 cm³/mol. The van der Waals surface area contributed by atoms with Gasteiger partial charge >= 0.3 is 12.0 Å². The first-order chi connectivity index (χ1) is 11.8. The molecule has 1 saturated heterocycles. The fraction of sp³-hybridized carbons (Fsp3) is 0.500. The summed E-state index contributed by atoms with van der Waals surface area (Å²) >= 11 is 0. The summed E-state index contributed by atoms with van der Waals surface area (Å²) in [5.74, 6) is -1.42. The zero-order valence-electron chi connectivity index (χ0n) is 14.8. The van der Waals surface area contributed by atoms with Crippen molar-refractivity contribution >= 4 is 23.6 Å². The summed E-state index contributed by atoms with van der Waals surface area (Å²) in [6.45, 7) is 6.45. The number of carboxylic acids is 1. The van der Waals surface area contributed by atoms with Crippen LogP contribution in [0.3, 0.4) is 0 Å². The Kier molecular flexibility index (Phi) is 6.01. The van der Waals surface area contributed by atoms with E-state index in [0.29, 0.717) is 24.2 Å². The summed E-state index contributed by atoms with van der Waals surface area (Å²) in [6.07, 6.45) is 0.582. The number of amides is 3. The van der Waals surface area contributed by atoms with Crippen LogP contribution < -0.4 is 10.6 Å². The van der Waals surface area contributed by atoms with Crippen LogP contribution in [0.2, 0.25) is 0 Å². The Morgan fingerprint density at radius 1 is 1.16 bits per heavy atom. The number of nitrogens with zero attached hydrogens (tertiary/aromatic N) is 1. The van der Waals surface area contributed by atoms with Gasteiger partial charge in [0.1, 0.15) is 0 Å². The topological polar surface area (TPSA) is 98.7 Å². The van der Waals surface area contributed by atoms with Gasteiger partial charge in [0, 0.05) is 30.4 Å². The molecule has 2 unspecified atom stereocenters. The second-order valence-corrected chi connectivity index (χ2v) is 6.92. The van der Waals surface area contributed by atoms with Crippen molar-refractivity contribution in [1.29, 1.82) is 0 Å². The molecule has 0 bridgehead atoms. The first-order valence-corrected chi connectivity index (χ1v) is 8.46. The molecule has 0 spiro atoms. The SMILES string of the molecule is CC1CC(C(=O)O)CN(C(=O)Nc2ccc(C(=O)NC(C)C)cc2)C1. The van der Waals surface area contributed by atoms with E-state index in [-0.39, 0.29) is 30.4 Å². The summed E-state index contributed by atoms with van der Waals surface area (Å²) in [4.78, 5) is 37.0. The molecule has 25 heavy (non-hydrogen) atoms. The molecule has 7 nitrogen and oxygen atoms in total. The van der Waals surface area contributed by atoms with Crippen molar-refractivity contribution in [1.82, 2.24) is 10.2 Å². The molecule has 1 aliphatic rings. The lowest BCUT2D eigenvalue weighted by Gasteiger charge is -2.34. The van der Waals surface area contributed by atoms with Crippen molar-refractivity contribution in [2.75, 3.05) is 18.4 Å². The smallest absolute Gasteiger partial charge is 0.321 e. The van der Waals surface area contributed by atoms with Crippen LogP contribution in [0.15, 0.2) is 24.3 Å². The molecule has 2 rings (SSSR count). The molecule has 1 aliphatic heterocycles. The van der Waals surface area contributed by atoms with Crippen molar-refractivity contribution in [3.8, 4) is 0 Å². The lowest BCUT2D eigenvalue weighted by molar-refractivity contribution is -0.143. The number of carbonyl (C=O) groups is 3. The van der Waals surface area contributed by atoms with E-state index in [0.717, 1.165) is 0 Å². The molecular formula is C18H25N3O4. The van der Waals surface area contributed by atoms with E-state index in [9.17, 15) is 19.5 Å². The van der Waals surface area contributed by atoms with Crippen molar-refractivity contribution in [2.24, 2.45) is 11.8 Å². The lowest BCUT2D eigenvalue weighted by Crippen LogP contribution is -2.47. The molecular weight excluding hydrogens is 322 g/mol.